The van der Waals surface area contributed by atoms with Gasteiger partial charge in [0.15, 0.2) is 0 Å². The molecule has 0 bridgehead atoms. The van der Waals surface area contributed by atoms with E-state index in [-0.39, 0.29) is 11.6 Å². The average Bonchev–Trinajstić information content (AvgIpc) is 2.36. The lowest BCUT2D eigenvalue weighted by atomic mass is 10.0. The van der Waals surface area contributed by atoms with Crippen LogP contribution in [0.15, 0.2) is 4.79 Å². The van der Waals surface area contributed by atoms with Crippen LogP contribution in [0, 0.1) is 0 Å². The summed E-state index contributed by atoms with van der Waals surface area (Å²) in [6.07, 6.45) is 0.916. The van der Waals surface area contributed by atoms with Crippen molar-refractivity contribution < 1.29 is 0 Å². The van der Waals surface area contributed by atoms with E-state index in [1.807, 2.05) is 30.3 Å². The number of hydrogen-bond acceptors (Lipinski definition) is 1. The van der Waals surface area contributed by atoms with Gasteiger partial charge in [-0.2, -0.15) is 0 Å². The Morgan fingerprint density at radius 3 is 2.00 bits per heavy atom. The molecule has 1 aromatic rings. The van der Waals surface area contributed by atoms with Crippen molar-refractivity contribution in [3.05, 3.63) is 21.6 Å². The van der Waals surface area contributed by atoms with Gasteiger partial charge in [-0.25, -0.2) is 4.68 Å². The zero-order chi connectivity index (χ0) is 11.7. The molecule has 0 aliphatic carbocycles. The van der Waals surface area contributed by atoms with E-state index in [0.29, 0.717) is 5.92 Å². The van der Waals surface area contributed by atoms with Gasteiger partial charge < -0.3 is 0 Å². The van der Waals surface area contributed by atoms with Crippen molar-refractivity contribution in [2.75, 3.05) is 0 Å². The maximum Gasteiger partial charge on any atom is 0.270 e. The first kappa shape index (κ1) is 12.1. The van der Waals surface area contributed by atoms with Crippen LogP contribution >= 0.6 is 0 Å². The standard InChI is InChI=1S/C12H22N2O/c1-7-10-11(8(2)3)12(15)14(9(4)5)13(10)6/h8-9H,7H2,1-6H3. The Balaban J connectivity index is 3.53. The predicted molar refractivity (Wildman–Crippen MR) is 63.5 cm³/mol. The van der Waals surface area contributed by atoms with Crippen LogP contribution in [0.5, 0.6) is 0 Å². The van der Waals surface area contributed by atoms with E-state index in [1.54, 1.807) is 0 Å². The second kappa shape index (κ2) is 4.25. The van der Waals surface area contributed by atoms with Crippen LogP contribution in [0.3, 0.4) is 0 Å². The van der Waals surface area contributed by atoms with Crippen LogP contribution in [-0.2, 0) is 13.5 Å². The minimum atomic E-state index is 0.180. The molecule has 0 aromatic carbocycles. The maximum absolute atomic E-state index is 12.2. The highest BCUT2D eigenvalue weighted by molar-refractivity contribution is 5.22. The molecule has 3 nitrogen and oxygen atoms in total. The monoisotopic (exact) mass is 210 g/mol. The summed E-state index contributed by atoms with van der Waals surface area (Å²) in [6, 6.07) is 0.222. The Labute approximate surface area is 91.7 Å². The summed E-state index contributed by atoms with van der Waals surface area (Å²) < 4.78 is 3.86. The van der Waals surface area contributed by atoms with Gasteiger partial charge in [-0.3, -0.25) is 9.48 Å². The largest absolute Gasteiger partial charge is 0.289 e. The topological polar surface area (TPSA) is 26.9 Å². The average molecular weight is 210 g/mol. The van der Waals surface area contributed by atoms with Gasteiger partial charge in [-0.05, 0) is 26.2 Å². The van der Waals surface area contributed by atoms with E-state index in [2.05, 4.69) is 20.8 Å². The third-order valence-electron chi connectivity index (χ3n) is 2.86. The molecule has 0 spiro atoms. The van der Waals surface area contributed by atoms with Crippen LogP contribution < -0.4 is 5.56 Å². The van der Waals surface area contributed by atoms with Gasteiger partial charge in [0, 0.05) is 24.3 Å². The summed E-state index contributed by atoms with van der Waals surface area (Å²) >= 11 is 0. The van der Waals surface area contributed by atoms with Crippen molar-refractivity contribution in [2.24, 2.45) is 7.05 Å². The highest BCUT2D eigenvalue weighted by Gasteiger charge is 2.19. The molecule has 15 heavy (non-hydrogen) atoms. The number of nitrogens with zero attached hydrogens (tertiary/aromatic N) is 2. The molecule has 0 aliphatic heterocycles. The van der Waals surface area contributed by atoms with Gasteiger partial charge in [0.2, 0.25) is 0 Å². The van der Waals surface area contributed by atoms with Gasteiger partial charge in [0.05, 0.1) is 0 Å². The molecule has 86 valence electrons. The molecule has 0 unspecified atom stereocenters. The molecule has 0 N–H and O–H groups in total. The van der Waals surface area contributed by atoms with E-state index in [0.717, 1.165) is 12.0 Å². The molecule has 0 saturated carbocycles. The Morgan fingerprint density at radius 2 is 1.73 bits per heavy atom. The fourth-order valence-electron chi connectivity index (χ4n) is 2.27. The minimum absolute atomic E-state index is 0.180. The number of aromatic nitrogens is 2. The van der Waals surface area contributed by atoms with Gasteiger partial charge in [0.25, 0.3) is 5.56 Å². The summed E-state index contributed by atoms with van der Waals surface area (Å²) in [4.78, 5) is 12.2. The molecular weight excluding hydrogens is 188 g/mol. The fourth-order valence-corrected chi connectivity index (χ4v) is 2.27. The van der Waals surface area contributed by atoms with Crippen molar-refractivity contribution in [3.63, 3.8) is 0 Å². The summed E-state index contributed by atoms with van der Waals surface area (Å²) in [6.45, 7) is 10.4. The molecule has 0 fully saturated rings. The molecule has 0 amide bonds. The molecule has 3 heteroatoms. The van der Waals surface area contributed by atoms with Crippen molar-refractivity contribution in [1.29, 1.82) is 0 Å². The first-order valence-electron chi connectivity index (χ1n) is 5.72. The van der Waals surface area contributed by atoms with Gasteiger partial charge in [-0.15, -0.1) is 0 Å². The first-order valence-corrected chi connectivity index (χ1v) is 5.72. The number of rotatable bonds is 3. The summed E-state index contributed by atoms with van der Waals surface area (Å²) in [5.41, 5.74) is 2.33. The Hall–Kier alpha value is -0.990. The third-order valence-corrected chi connectivity index (χ3v) is 2.86. The Morgan fingerprint density at radius 1 is 1.20 bits per heavy atom. The quantitative estimate of drug-likeness (QED) is 0.753. The normalized spacial score (nSPS) is 11.7. The lowest BCUT2D eigenvalue weighted by molar-refractivity contribution is 0.429. The molecular formula is C12H22N2O. The summed E-state index contributed by atoms with van der Waals surface area (Å²) in [7, 11) is 1.98. The van der Waals surface area contributed by atoms with E-state index in [4.69, 9.17) is 0 Å². The van der Waals surface area contributed by atoms with Crippen molar-refractivity contribution in [3.8, 4) is 0 Å². The molecule has 1 rings (SSSR count). The van der Waals surface area contributed by atoms with E-state index < -0.39 is 0 Å². The molecule has 0 saturated heterocycles. The second-order valence-corrected chi connectivity index (χ2v) is 4.64. The third kappa shape index (κ3) is 1.87. The lowest BCUT2D eigenvalue weighted by Gasteiger charge is -2.12. The van der Waals surface area contributed by atoms with Crippen molar-refractivity contribution in [2.45, 2.75) is 53.0 Å². The first-order chi connectivity index (χ1) is 6.91. The van der Waals surface area contributed by atoms with Gasteiger partial charge >= 0.3 is 0 Å². The highest BCUT2D eigenvalue weighted by atomic mass is 16.1. The SMILES string of the molecule is CCc1c(C(C)C)c(=O)n(C(C)C)n1C. The van der Waals surface area contributed by atoms with Crippen LogP contribution in [0.2, 0.25) is 0 Å². The van der Waals surface area contributed by atoms with Gasteiger partial charge in [-0.1, -0.05) is 20.8 Å². The molecule has 0 aliphatic rings. The number of hydrogen-bond donors (Lipinski definition) is 0. The Kier molecular flexibility index (Phi) is 3.42. The van der Waals surface area contributed by atoms with E-state index in [9.17, 15) is 4.79 Å². The highest BCUT2D eigenvalue weighted by Crippen LogP contribution is 2.18. The Bertz CT molecular complexity index is 396. The summed E-state index contributed by atoms with van der Waals surface area (Å²) in [5, 5.41) is 0. The van der Waals surface area contributed by atoms with Crippen LogP contribution in [0.25, 0.3) is 0 Å². The zero-order valence-electron chi connectivity index (χ0n) is 10.7. The maximum atomic E-state index is 12.2. The van der Waals surface area contributed by atoms with Crippen LogP contribution in [-0.4, -0.2) is 9.36 Å². The van der Waals surface area contributed by atoms with Gasteiger partial charge in [0.1, 0.15) is 0 Å². The summed E-state index contributed by atoms with van der Waals surface area (Å²) in [5.74, 6) is 0.304. The van der Waals surface area contributed by atoms with Crippen molar-refractivity contribution >= 4 is 0 Å². The van der Waals surface area contributed by atoms with Crippen molar-refractivity contribution in [1.82, 2.24) is 9.36 Å². The predicted octanol–water partition coefficient (Wildman–Crippen LogP) is 2.45. The minimum Gasteiger partial charge on any atom is -0.289 e. The zero-order valence-corrected chi connectivity index (χ0v) is 10.7. The van der Waals surface area contributed by atoms with Crippen LogP contribution in [0.4, 0.5) is 0 Å². The molecule has 0 radical (unpaired) electrons. The van der Waals surface area contributed by atoms with E-state index >= 15 is 0 Å². The van der Waals surface area contributed by atoms with E-state index in [1.165, 1.54) is 5.69 Å². The molecule has 0 atom stereocenters. The van der Waals surface area contributed by atoms with Crippen LogP contribution in [0.1, 0.15) is 57.8 Å². The molecule has 1 aromatic heterocycles. The smallest absolute Gasteiger partial charge is 0.270 e. The lowest BCUT2D eigenvalue weighted by Crippen LogP contribution is -2.24. The second-order valence-electron chi connectivity index (χ2n) is 4.64. The molecule has 1 heterocycles. The fraction of sp³-hybridized carbons (Fsp3) is 0.750.